The number of hydrogen-bond donors (Lipinski definition) is 8. The molecule has 4 atom stereocenters. The molecule has 35 heavy (non-hydrogen) atoms. The van der Waals surface area contributed by atoms with E-state index in [2.05, 4.69) is 25.9 Å². The van der Waals surface area contributed by atoms with Gasteiger partial charge in [0, 0.05) is 18.3 Å². The van der Waals surface area contributed by atoms with E-state index in [1.54, 1.807) is 0 Å². The fourth-order valence-corrected chi connectivity index (χ4v) is 3.33. The van der Waals surface area contributed by atoms with Crippen LogP contribution in [0.25, 0.3) is 0 Å². The minimum Gasteiger partial charge on any atom is -0.480 e. The molecule has 11 N–H and O–H groups in total. The van der Waals surface area contributed by atoms with Crippen LogP contribution in [-0.4, -0.2) is 86.8 Å². The molecule has 0 saturated carbocycles. The molecule has 0 bridgehead atoms. The third kappa shape index (κ3) is 10.9. The van der Waals surface area contributed by atoms with Crippen molar-refractivity contribution in [2.24, 2.45) is 17.2 Å². The maximum Gasteiger partial charge on any atom is 0.326 e. The van der Waals surface area contributed by atoms with Gasteiger partial charge in [-0.05, 0) is 18.4 Å². The van der Waals surface area contributed by atoms with Crippen LogP contribution in [0, 0.1) is 0 Å². The quantitative estimate of drug-likeness (QED) is 0.107. The highest BCUT2D eigenvalue weighted by molar-refractivity contribution is 7.98. The van der Waals surface area contributed by atoms with E-state index in [0.29, 0.717) is 17.9 Å². The van der Waals surface area contributed by atoms with Crippen molar-refractivity contribution < 1.29 is 33.9 Å². The van der Waals surface area contributed by atoms with Crippen molar-refractivity contribution >= 4 is 47.3 Å². The minimum absolute atomic E-state index is 0.162. The van der Waals surface area contributed by atoms with Gasteiger partial charge in [0.15, 0.2) is 0 Å². The molecule has 1 aromatic rings. The minimum atomic E-state index is -1.64. The number of rotatable bonds is 16. The van der Waals surface area contributed by atoms with E-state index in [1.807, 2.05) is 6.26 Å². The van der Waals surface area contributed by atoms with Crippen molar-refractivity contribution in [2.45, 2.75) is 49.9 Å². The lowest BCUT2D eigenvalue weighted by atomic mass is 10.1. The molecule has 0 aliphatic rings. The summed E-state index contributed by atoms with van der Waals surface area (Å²) in [4.78, 5) is 78.7. The number of nitrogens with zero attached hydrogens (tertiary/aromatic N) is 1. The molecule has 1 aromatic heterocycles. The highest BCUT2D eigenvalue weighted by atomic mass is 32.2. The standard InChI is InChI=1S/C19H30N8O7S/c1-35-3-2-10(20)16(30)25-12(5-14(21)28)18(32)26-11(4-9-7-23-8-24-9)17(31)27-13(19(33)34)6-15(22)29/h7-8,10-13H,2-6,20H2,1H3,(H2,21,28)(H2,22,29)(H,23,24)(H,25,30)(H,26,32)(H,27,31)(H,33,34). The van der Waals surface area contributed by atoms with Crippen LogP contribution in [0.2, 0.25) is 0 Å². The van der Waals surface area contributed by atoms with Gasteiger partial charge in [-0.3, -0.25) is 24.0 Å². The summed E-state index contributed by atoms with van der Waals surface area (Å²) in [5.74, 6) is -5.37. The zero-order chi connectivity index (χ0) is 26.5. The van der Waals surface area contributed by atoms with Gasteiger partial charge in [0.1, 0.15) is 18.1 Å². The van der Waals surface area contributed by atoms with Crippen molar-refractivity contribution in [1.29, 1.82) is 0 Å². The Morgan fingerprint density at radius 3 is 2.03 bits per heavy atom. The van der Waals surface area contributed by atoms with Crippen LogP contribution in [-0.2, 0) is 35.2 Å². The maximum absolute atomic E-state index is 12.9. The van der Waals surface area contributed by atoms with Crippen molar-refractivity contribution in [3.63, 3.8) is 0 Å². The van der Waals surface area contributed by atoms with Crippen LogP contribution in [0.3, 0.4) is 0 Å². The van der Waals surface area contributed by atoms with Crippen LogP contribution in [0.4, 0.5) is 0 Å². The Hall–Kier alpha value is -3.66. The first-order valence-electron chi connectivity index (χ1n) is 10.4. The van der Waals surface area contributed by atoms with Crippen molar-refractivity contribution in [3.05, 3.63) is 18.2 Å². The van der Waals surface area contributed by atoms with Gasteiger partial charge in [-0.25, -0.2) is 9.78 Å². The third-order valence-corrected chi connectivity index (χ3v) is 5.28. The van der Waals surface area contributed by atoms with E-state index >= 15 is 0 Å². The normalized spacial score (nSPS) is 14.1. The number of carbonyl (C=O) groups excluding carboxylic acids is 5. The number of aromatic nitrogens is 2. The second kappa shape index (κ2) is 14.6. The van der Waals surface area contributed by atoms with Gasteiger partial charge in [-0.15, -0.1) is 0 Å². The molecule has 0 aromatic carbocycles. The Morgan fingerprint density at radius 1 is 0.971 bits per heavy atom. The Morgan fingerprint density at radius 2 is 1.51 bits per heavy atom. The summed E-state index contributed by atoms with van der Waals surface area (Å²) in [5.41, 5.74) is 16.4. The predicted octanol–water partition coefficient (Wildman–Crippen LogP) is -3.68. The second-order valence-electron chi connectivity index (χ2n) is 7.53. The monoisotopic (exact) mass is 514 g/mol. The average molecular weight is 515 g/mol. The predicted molar refractivity (Wildman–Crippen MR) is 124 cm³/mol. The first-order valence-corrected chi connectivity index (χ1v) is 11.8. The number of aliphatic carboxylic acids is 1. The summed E-state index contributed by atoms with van der Waals surface area (Å²) >= 11 is 1.47. The van der Waals surface area contributed by atoms with Crippen molar-refractivity contribution in [3.8, 4) is 0 Å². The first kappa shape index (κ1) is 29.4. The molecule has 4 unspecified atom stereocenters. The first-order chi connectivity index (χ1) is 16.4. The number of amides is 5. The smallest absolute Gasteiger partial charge is 0.326 e. The molecule has 5 amide bonds. The molecule has 0 radical (unpaired) electrons. The number of nitrogens with two attached hydrogens (primary N) is 3. The average Bonchev–Trinajstić information content (AvgIpc) is 3.28. The number of hydrogen-bond acceptors (Lipinski definition) is 9. The summed E-state index contributed by atoms with van der Waals surface area (Å²) in [6.45, 7) is 0. The van der Waals surface area contributed by atoms with Crippen LogP contribution < -0.4 is 33.2 Å². The van der Waals surface area contributed by atoms with Crippen LogP contribution in [0.5, 0.6) is 0 Å². The zero-order valence-electron chi connectivity index (χ0n) is 19.0. The van der Waals surface area contributed by atoms with E-state index < -0.39 is 72.5 Å². The summed E-state index contributed by atoms with van der Waals surface area (Å²) in [7, 11) is 0. The van der Waals surface area contributed by atoms with Gasteiger partial charge in [-0.2, -0.15) is 11.8 Å². The van der Waals surface area contributed by atoms with E-state index in [9.17, 15) is 33.9 Å². The number of thioether (sulfide) groups is 1. The van der Waals surface area contributed by atoms with Crippen molar-refractivity contribution in [1.82, 2.24) is 25.9 Å². The Labute approximate surface area is 204 Å². The summed E-state index contributed by atoms with van der Waals surface area (Å²) in [5, 5.41) is 16.1. The summed E-state index contributed by atoms with van der Waals surface area (Å²) in [6, 6.07) is -5.41. The van der Waals surface area contributed by atoms with Gasteiger partial charge >= 0.3 is 5.97 Å². The van der Waals surface area contributed by atoms with E-state index in [4.69, 9.17) is 17.2 Å². The third-order valence-electron chi connectivity index (χ3n) is 4.64. The number of imidazole rings is 1. The van der Waals surface area contributed by atoms with E-state index in [1.165, 1.54) is 24.3 Å². The van der Waals surface area contributed by atoms with Gasteiger partial charge in [0.25, 0.3) is 0 Å². The Kier molecular flexibility index (Phi) is 12.2. The fraction of sp³-hybridized carbons (Fsp3) is 0.526. The maximum atomic E-state index is 12.9. The molecule has 194 valence electrons. The molecule has 0 fully saturated rings. The highest BCUT2D eigenvalue weighted by Crippen LogP contribution is 2.04. The number of aromatic amines is 1. The molecule has 1 rings (SSSR count). The number of nitrogens with one attached hydrogen (secondary N) is 4. The molecule has 0 spiro atoms. The lowest BCUT2D eigenvalue weighted by molar-refractivity contribution is -0.143. The molecule has 0 aliphatic carbocycles. The topological polar surface area (TPSA) is 265 Å². The molecule has 0 saturated heterocycles. The lowest BCUT2D eigenvalue weighted by Gasteiger charge is -2.24. The molecule has 15 nitrogen and oxygen atoms in total. The van der Waals surface area contributed by atoms with E-state index in [-0.39, 0.29) is 6.42 Å². The second-order valence-corrected chi connectivity index (χ2v) is 8.52. The number of carbonyl (C=O) groups is 6. The number of H-pyrrole nitrogens is 1. The van der Waals surface area contributed by atoms with Gasteiger partial charge in [-0.1, -0.05) is 0 Å². The molecular formula is C19H30N8O7S. The van der Waals surface area contributed by atoms with Gasteiger partial charge in [0.2, 0.25) is 29.5 Å². The van der Waals surface area contributed by atoms with Crippen LogP contribution in [0.15, 0.2) is 12.5 Å². The molecular weight excluding hydrogens is 484 g/mol. The number of carboxylic acids is 1. The summed E-state index contributed by atoms with van der Waals surface area (Å²) < 4.78 is 0. The molecule has 0 aliphatic heterocycles. The van der Waals surface area contributed by atoms with E-state index in [0.717, 1.165) is 0 Å². The number of carboxylic acid groups (broad SMARTS) is 1. The SMILES string of the molecule is CSCCC(N)C(=O)NC(CC(N)=O)C(=O)NC(Cc1cnc[nH]1)C(=O)NC(CC(N)=O)C(=O)O. The Balaban J connectivity index is 3.06. The summed E-state index contributed by atoms with van der Waals surface area (Å²) in [6.07, 6.45) is 3.43. The van der Waals surface area contributed by atoms with Crippen LogP contribution >= 0.6 is 11.8 Å². The molecule has 16 heteroatoms. The lowest BCUT2D eigenvalue weighted by Crippen LogP contribution is -2.58. The highest BCUT2D eigenvalue weighted by Gasteiger charge is 2.32. The zero-order valence-corrected chi connectivity index (χ0v) is 19.8. The number of primary amides is 2. The van der Waals surface area contributed by atoms with Gasteiger partial charge < -0.3 is 43.2 Å². The Bertz CT molecular complexity index is 911. The van der Waals surface area contributed by atoms with Gasteiger partial charge in [0.05, 0.1) is 25.2 Å². The van der Waals surface area contributed by atoms with Crippen molar-refractivity contribution in [2.75, 3.05) is 12.0 Å². The van der Waals surface area contributed by atoms with Crippen LogP contribution in [0.1, 0.15) is 25.0 Å². The fourth-order valence-electron chi connectivity index (χ4n) is 2.84. The largest absolute Gasteiger partial charge is 0.480 e. The molecule has 1 heterocycles.